The topological polar surface area (TPSA) is 53.2 Å². The molecular formula is C13H11FN2O2. The van der Waals surface area contributed by atoms with E-state index in [1.807, 2.05) is 11.9 Å². The molecule has 0 bridgehead atoms. The number of aromatic nitrogens is 1. The fourth-order valence-corrected chi connectivity index (χ4v) is 2.44. The van der Waals surface area contributed by atoms with Crippen molar-refractivity contribution in [2.75, 3.05) is 13.6 Å². The Morgan fingerprint density at radius 2 is 2.00 bits per heavy atom. The Kier molecular flexibility index (Phi) is 2.31. The summed E-state index contributed by atoms with van der Waals surface area (Å²) in [6.07, 6.45) is 0. The van der Waals surface area contributed by atoms with Crippen LogP contribution in [0.25, 0.3) is 10.8 Å². The maximum absolute atomic E-state index is 13.2. The molecule has 1 aliphatic rings. The Bertz CT molecular complexity index is 721. The number of nitrogens with zero attached hydrogens (tertiary/aromatic N) is 1. The van der Waals surface area contributed by atoms with Gasteiger partial charge in [-0.2, -0.15) is 0 Å². The highest BCUT2D eigenvalue weighted by Crippen LogP contribution is 2.23. The second kappa shape index (κ2) is 3.74. The van der Waals surface area contributed by atoms with Gasteiger partial charge in [0.2, 0.25) is 0 Å². The van der Waals surface area contributed by atoms with Gasteiger partial charge in [0.25, 0.3) is 5.56 Å². The van der Waals surface area contributed by atoms with E-state index in [9.17, 15) is 14.0 Å². The van der Waals surface area contributed by atoms with Crippen molar-refractivity contribution in [2.45, 2.75) is 6.54 Å². The number of likely N-dealkylation sites (N-methyl/N-ethyl adjacent to an activating group) is 1. The second-order valence-electron chi connectivity index (χ2n) is 4.59. The maximum atomic E-state index is 13.2. The zero-order valence-corrected chi connectivity index (χ0v) is 9.79. The molecular weight excluding hydrogens is 235 g/mol. The Morgan fingerprint density at radius 3 is 2.78 bits per heavy atom. The second-order valence-corrected chi connectivity index (χ2v) is 4.59. The molecule has 1 aromatic carbocycles. The highest BCUT2D eigenvalue weighted by Gasteiger charge is 2.24. The summed E-state index contributed by atoms with van der Waals surface area (Å²) < 4.78 is 13.2. The van der Waals surface area contributed by atoms with Gasteiger partial charge in [-0.15, -0.1) is 0 Å². The summed E-state index contributed by atoms with van der Waals surface area (Å²) in [5.41, 5.74) is 0.770. The van der Waals surface area contributed by atoms with Crippen LogP contribution >= 0.6 is 0 Å². The van der Waals surface area contributed by atoms with Crippen molar-refractivity contribution in [2.24, 2.45) is 0 Å². The minimum atomic E-state index is -0.478. The van der Waals surface area contributed by atoms with Gasteiger partial charge in [0.05, 0.1) is 11.9 Å². The minimum absolute atomic E-state index is 0.0494. The number of carbonyl (C=O) groups excluding carboxylic acids is 1. The third kappa shape index (κ3) is 1.55. The van der Waals surface area contributed by atoms with Crippen molar-refractivity contribution in [3.63, 3.8) is 0 Å². The number of carbonyl (C=O) groups is 1. The van der Waals surface area contributed by atoms with E-state index in [-0.39, 0.29) is 16.7 Å². The zero-order chi connectivity index (χ0) is 12.9. The van der Waals surface area contributed by atoms with E-state index in [0.717, 1.165) is 0 Å². The molecule has 1 aliphatic heterocycles. The number of halogens is 1. The van der Waals surface area contributed by atoms with E-state index in [4.69, 9.17) is 0 Å². The van der Waals surface area contributed by atoms with Crippen LogP contribution in [-0.2, 0) is 6.54 Å². The van der Waals surface area contributed by atoms with Crippen molar-refractivity contribution < 1.29 is 9.18 Å². The molecule has 0 fully saturated rings. The van der Waals surface area contributed by atoms with E-state index in [1.165, 1.54) is 18.2 Å². The first-order valence-electron chi connectivity index (χ1n) is 5.62. The summed E-state index contributed by atoms with van der Waals surface area (Å²) in [4.78, 5) is 28.4. The van der Waals surface area contributed by atoms with E-state index in [2.05, 4.69) is 4.98 Å². The number of aromatic amines is 1. The lowest BCUT2D eigenvalue weighted by molar-refractivity contribution is 0.0922. The number of pyridine rings is 1. The number of fused-ring (bicyclic) bond motifs is 3. The summed E-state index contributed by atoms with van der Waals surface area (Å²) in [7, 11) is 1.81. The molecule has 3 rings (SSSR count). The fourth-order valence-electron chi connectivity index (χ4n) is 2.44. The summed E-state index contributed by atoms with van der Waals surface area (Å²) in [6.45, 7) is 0.829. The highest BCUT2D eigenvalue weighted by atomic mass is 19.1. The number of H-pyrrole nitrogens is 1. The third-order valence-corrected chi connectivity index (χ3v) is 3.18. The van der Waals surface area contributed by atoms with Crippen LogP contribution in [0.4, 0.5) is 4.39 Å². The first kappa shape index (κ1) is 11.1. The van der Waals surface area contributed by atoms with Gasteiger partial charge in [-0.3, -0.25) is 14.5 Å². The zero-order valence-electron chi connectivity index (χ0n) is 9.79. The molecule has 0 saturated heterocycles. The molecule has 1 aromatic heterocycles. The average Bonchev–Trinajstić information content (AvgIpc) is 2.29. The standard InChI is InChI=1S/C13H11FN2O2/c1-16-5-10-12(11(17)6-16)8-3-2-7(14)4-9(8)13(18)15-10/h2-4H,5-6H2,1H3,(H,15,18). The molecule has 2 aromatic rings. The largest absolute Gasteiger partial charge is 0.324 e. The van der Waals surface area contributed by atoms with Crippen LogP contribution in [0.5, 0.6) is 0 Å². The predicted molar refractivity (Wildman–Crippen MR) is 65.2 cm³/mol. The molecule has 0 aliphatic carbocycles. The van der Waals surface area contributed by atoms with Crippen LogP contribution < -0.4 is 5.56 Å². The minimum Gasteiger partial charge on any atom is -0.324 e. The summed E-state index contributed by atoms with van der Waals surface area (Å²) in [5.74, 6) is -0.528. The molecule has 18 heavy (non-hydrogen) atoms. The van der Waals surface area contributed by atoms with Gasteiger partial charge in [0, 0.05) is 23.2 Å². The third-order valence-electron chi connectivity index (χ3n) is 3.18. The average molecular weight is 246 g/mol. The van der Waals surface area contributed by atoms with Crippen molar-refractivity contribution in [3.8, 4) is 0 Å². The summed E-state index contributed by atoms with van der Waals surface area (Å²) >= 11 is 0. The van der Waals surface area contributed by atoms with E-state index >= 15 is 0 Å². The van der Waals surface area contributed by atoms with Crippen molar-refractivity contribution in [1.29, 1.82) is 0 Å². The van der Waals surface area contributed by atoms with Crippen molar-refractivity contribution in [3.05, 3.63) is 45.6 Å². The number of rotatable bonds is 0. The van der Waals surface area contributed by atoms with Crippen molar-refractivity contribution in [1.82, 2.24) is 9.88 Å². The van der Waals surface area contributed by atoms with Crippen LogP contribution in [0, 0.1) is 5.82 Å². The predicted octanol–water partition coefficient (Wildman–Crippen LogP) is 1.30. The van der Waals surface area contributed by atoms with Crippen molar-refractivity contribution >= 4 is 16.6 Å². The van der Waals surface area contributed by atoms with Gasteiger partial charge in [-0.25, -0.2) is 4.39 Å². The Hall–Kier alpha value is -2.01. The number of benzene rings is 1. The van der Waals surface area contributed by atoms with Crippen LogP contribution in [-0.4, -0.2) is 29.3 Å². The van der Waals surface area contributed by atoms with E-state index < -0.39 is 5.82 Å². The lowest BCUT2D eigenvalue weighted by atomic mass is 9.97. The number of Topliss-reactive ketones (excluding diaryl/α,β-unsaturated/α-hetero) is 1. The molecule has 2 heterocycles. The first-order chi connectivity index (χ1) is 8.56. The molecule has 5 heteroatoms. The first-order valence-corrected chi connectivity index (χ1v) is 5.62. The molecule has 4 nitrogen and oxygen atoms in total. The molecule has 0 atom stereocenters. The number of hydrogen-bond acceptors (Lipinski definition) is 3. The number of hydrogen-bond donors (Lipinski definition) is 1. The Labute approximate surface area is 102 Å². The smallest absolute Gasteiger partial charge is 0.256 e. The molecule has 0 radical (unpaired) electrons. The fraction of sp³-hybridized carbons (Fsp3) is 0.231. The normalized spacial score (nSPS) is 16.0. The van der Waals surface area contributed by atoms with Crippen LogP contribution in [0.3, 0.4) is 0 Å². The molecule has 92 valence electrons. The summed E-state index contributed by atoms with van der Waals surface area (Å²) in [6, 6.07) is 3.94. The Morgan fingerprint density at radius 1 is 1.22 bits per heavy atom. The number of ketones is 1. The SMILES string of the molecule is CN1CC(=O)c2c([nH]c(=O)c3cc(F)ccc23)C1. The van der Waals surface area contributed by atoms with Gasteiger partial charge in [0.1, 0.15) is 5.82 Å². The molecule has 0 unspecified atom stereocenters. The monoisotopic (exact) mass is 246 g/mol. The van der Waals surface area contributed by atoms with Gasteiger partial charge in [0.15, 0.2) is 5.78 Å². The van der Waals surface area contributed by atoms with E-state index in [1.54, 1.807) is 0 Å². The van der Waals surface area contributed by atoms with Crippen LogP contribution in [0.15, 0.2) is 23.0 Å². The highest BCUT2D eigenvalue weighted by molar-refractivity contribution is 6.10. The lowest BCUT2D eigenvalue weighted by Crippen LogP contribution is -2.34. The van der Waals surface area contributed by atoms with Gasteiger partial charge >= 0.3 is 0 Å². The van der Waals surface area contributed by atoms with Gasteiger partial charge in [-0.05, 0) is 19.2 Å². The van der Waals surface area contributed by atoms with Crippen LogP contribution in [0.2, 0.25) is 0 Å². The van der Waals surface area contributed by atoms with Gasteiger partial charge < -0.3 is 4.98 Å². The molecule has 1 N–H and O–H groups in total. The maximum Gasteiger partial charge on any atom is 0.256 e. The molecule has 0 spiro atoms. The molecule has 0 saturated carbocycles. The quantitative estimate of drug-likeness (QED) is 0.762. The van der Waals surface area contributed by atoms with Crippen LogP contribution in [0.1, 0.15) is 16.1 Å². The Balaban J connectivity index is 2.42. The van der Waals surface area contributed by atoms with E-state index in [0.29, 0.717) is 29.7 Å². The number of nitrogens with one attached hydrogen (secondary N) is 1. The van der Waals surface area contributed by atoms with Gasteiger partial charge in [-0.1, -0.05) is 6.07 Å². The lowest BCUT2D eigenvalue weighted by Gasteiger charge is -2.24. The molecule has 0 amide bonds. The summed E-state index contributed by atoms with van der Waals surface area (Å²) in [5, 5.41) is 0.764.